The summed E-state index contributed by atoms with van der Waals surface area (Å²) in [4.78, 5) is 31.0. The maximum Gasteiger partial charge on any atom is 0.496 e. The summed E-state index contributed by atoms with van der Waals surface area (Å²) in [5.74, 6) is 0.747. The van der Waals surface area contributed by atoms with Gasteiger partial charge in [-0.15, -0.1) is 0 Å². The van der Waals surface area contributed by atoms with Crippen LogP contribution in [-0.4, -0.2) is 68.7 Å². The van der Waals surface area contributed by atoms with Crippen LogP contribution >= 0.6 is 70.8 Å². The third-order valence-corrected chi connectivity index (χ3v) is 33.4. The number of aromatic nitrogens is 2. The average molecular weight is 2110 g/mol. The molecule has 708 valence electrons. The van der Waals surface area contributed by atoms with Gasteiger partial charge in [-0.25, -0.2) is 19.6 Å². The number of pyridine rings is 2. The number of nitrogens with zero attached hydrogens (tertiary/aromatic N) is 2. The Morgan fingerprint density at radius 2 is 0.550 bits per heavy atom. The van der Waals surface area contributed by atoms with Crippen LogP contribution in [0.2, 0.25) is 10.0 Å². The van der Waals surface area contributed by atoms with E-state index in [-0.39, 0.29) is 33.5 Å². The van der Waals surface area contributed by atoms with Crippen molar-refractivity contribution in [2.75, 3.05) is 28.4 Å². The first kappa shape index (κ1) is 108. The molecule has 19 heteroatoms. The zero-order valence-corrected chi connectivity index (χ0v) is 86.8. The first-order valence-corrected chi connectivity index (χ1v) is 52.3. The second-order valence-electron chi connectivity index (χ2n) is 32.4. The Labute approximate surface area is 863 Å². The van der Waals surface area contributed by atoms with Gasteiger partial charge in [-0.3, -0.25) is 0 Å². The van der Waals surface area contributed by atoms with Crippen LogP contribution in [0.3, 0.4) is 0 Å². The van der Waals surface area contributed by atoms with Gasteiger partial charge in [0.15, 0.2) is 0 Å². The number of halogens is 3. The summed E-state index contributed by atoms with van der Waals surface area (Å²) in [7, 11) is 3.74. The Balaban J connectivity index is 0.000000156. The molecule has 1 saturated heterocycles. The molecule has 18 aromatic rings. The Kier molecular flexibility index (Phi) is 43.5. The Hall–Kier alpha value is -12.2. The number of methoxy groups -OCH3 is 4. The summed E-state index contributed by atoms with van der Waals surface area (Å²) in [6.07, 6.45) is 3.95. The molecule has 2 aromatic heterocycles. The van der Waals surface area contributed by atoms with E-state index < -0.39 is 61.9 Å². The maximum absolute atomic E-state index is 11.5. The van der Waals surface area contributed by atoms with Crippen molar-refractivity contribution in [1.82, 2.24) is 9.97 Å². The largest absolute Gasteiger partial charge is 0.496 e. The molecular formula is C121H112BBrCl2N2O8P4Pd. The van der Waals surface area contributed by atoms with Crippen molar-refractivity contribution in [2.45, 2.75) is 58.1 Å². The first-order chi connectivity index (χ1) is 67.4. The number of benzene rings is 16. The minimum atomic E-state index is -0.468. The van der Waals surface area contributed by atoms with Gasteiger partial charge in [-0.2, -0.15) is 0 Å². The Morgan fingerprint density at radius 3 is 0.771 bits per heavy atom. The minimum Gasteiger partial charge on any atom is -0.496 e. The molecule has 0 radical (unpaired) electrons. The molecule has 0 spiro atoms. The zero-order valence-electron chi connectivity index (χ0n) is 78.6. The number of ether oxygens (including phenoxy) is 4. The van der Waals surface area contributed by atoms with E-state index in [1.54, 1.807) is 44.8 Å². The molecule has 0 saturated carbocycles. The fourth-order valence-electron chi connectivity index (χ4n) is 14.9. The van der Waals surface area contributed by atoms with E-state index in [4.69, 9.17) is 42.0 Å². The van der Waals surface area contributed by atoms with E-state index in [1.807, 2.05) is 107 Å². The number of carbonyl (C=O) groups is 2. The fraction of sp³-hybridized carbons (Fsp3) is 0.107. The van der Waals surface area contributed by atoms with E-state index in [1.165, 1.54) is 83.4 Å². The molecule has 0 atom stereocenters. The summed E-state index contributed by atoms with van der Waals surface area (Å²) >= 11 is 15.6. The summed E-state index contributed by atoms with van der Waals surface area (Å²) in [5, 5.41) is 19.0. The third-order valence-electron chi connectivity index (χ3n) is 22.5. The quantitative estimate of drug-likeness (QED) is 0.0281. The maximum atomic E-state index is 11.5. The van der Waals surface area contributed by atoms with Gasteiger partial charge < -0.3 is 28.3 Å². The molecule has 1 fully saturated rings. The molecule has 0 unspecified atom stereocenters. The van der Waals surface area contributed by atoms with E-state index in [0.29, 0.717) is 17.1 Å². The fourth-order valence-corrected chi connectivity index (χ4v) is 24.9. The molecule has 1 aliphatic rings. The third kappa shape index (κ3) is 31.1. The van der Waals surface area contributed by atoms with Crippen LogP contribution in [0, 0.1) is 0 Å². The molecule has 140 heavy (non-hydrogen) atoms. The first-order valence-electron chi connectivity index (χ1n) is 45.1. The smallest absolute Gasteiger partial charge is 0.496 e. The molecule has 0 bridgehead atoms. The van der Waals surface area contributed by atoms with Gasteiger partial charge in [0, 0.05) is 64.8 Å². The van der Waals surface area contributed by atoms with E-state index in [2.05, 4.69) is 411 Å². The zero-order chi connectivity index (χ0) is 96.7. The topological polar surface area (TPSA) is 115 Å². The summed E-state index contributed by atoms with van der Waals surface area (Å²) in [6, 6.07) is 164. The van der Waals surface area contributed by atoms with Crippen molar-refractivity contribution in [2.24, 2.45) is 0 Å². The van der Waals surface area contributed by atoms with Gasteiger partial charge in [0.25, 0.3) is 0 Å². The normalized spacial score (nSPS) is 11.7. The summed E-state index contributed by atoms with van der Waals surface area (Å²) in [6.45, 7) is 7.96. The second kappa shape index (κ2) is 56.3. The Morgan fingerprint density at radius 1 is 0.307 bits per heavy atom. The van der Waals surface area contributed by atoms with Crippen molar-refractivity contribution in [3.63, 3.8) is 0 Å². The standard InChI is InChI=1S/C21H18ClNO3.4C18H15P.C14H12BrClO.C13H18BNO4.CH4.Pd/c1-25-20-9-7-14(11-18(20)16-4-3-5-17(22)12-16)10-15-6-8-19(23-13-15)21(24)26-2;4*1-4-10-16(11-5-1)19(17-12-6-2-7-13-17)18-14-8-3-9-15-18;1-17-14-6-5-10(9-15)7-13(14)11-3-2-4-12(16)8-11;1-12(2)13(3,4)19-14(18-12)9-6-7-10(15-8-9)11(16)17-5;;/h3-9,11-13H,10H2,1-2H3;4*1-15H;2-8H,9H2,1H3;6-8H,1-5H3;1H4;. The van der Waals surface area contributed by atoms with Gasteiger partial charge in [-0.05, 0) is 218 Å². The molecule has 0 aliphatic carbocycles. The summed E-state index contributed by atoms with van der Waals surface area (Å²) in [5.41, 5.74) is 7.98. The van der Waals surface area contributed by atoms with E-state index >= 15 is 0 Å². The van der Waals surface area contributed by atoms with Gasteiger partial charge in [0.05, 0.1) is 39.6 Å². The van der Waals surface area contributed by atoms with Crippen LogP contribution < -0.4 is 78.6 Å². The number of esters is 2. The van der Waals surface area contributed by atoms with Crippen LogP contribution in [-0.2, 0) is 51.0 Å². The number of hydrogen-bond donors (Lipinski definition) is 0. The Bertz CT molecular complexity index is 5850. The van der Waals surface area contributed by atoms with Crippen molar-refractivity contribution in [1.29, 1.82) is 0 Å². The number of rotatable bonds is 22. The van der Waals surface area contributed by atoms with Crippen molar-refractivity contribution >= 4 is 159 Å². The van der Waals surface area contributed by atoms with Crippen molar-refractivity contribution in [3.8, 4) is 33.8 Å². The van der Waals surface area contributed by atoms with Gasteiger partial charge >= 0.3 is 19.1 Å². The van der Waals surface area contributed by atoms with E-state index in [0.717, 1.165) is 60.7 Å². The van der Waals surface area contributed by atoms with Crippen LogP contribution in [0.5, 0.6) is 11.5 Å². The van der Waals surface area contributed by atoms with Crippen LogP contribution in [0.4, 0.5) is 0 Å². The van der Waals surface area contributed by atoms with E-state index in [9.17, 15) is 9.59 Å². The average Bonchev–Trinajstić information content (AvgIpc) is 1.62. The van der Waals surface area contributed by atoms with Crippen LogP contribution in [0.1, 0.15) is 72.8 Å². The predicted octanol–water partition coefficient (Wildman–Crippen LogP) is 25.3. The molecule has 10 nitrogen and oxygen atoms in total. The number of alkyl halides is 1. The molecule has 0 N–H and O–H groups in total. The van der Waals surface area contributed by atoms with Gasteiger partial charge in [0.1, 0.15) is 22.9 Å². The van der Waals surface area contributed by atoms with Crippen molar-refractivity contribution in [3.05, 3.63) is 524 Å². The van der Waals surface area contributed by atoms with Crippen molar-refractivity contribution < 1.29 is 58.3 Å². The number of hydrogen-bond acceptors (Lipinski definition) is 10. The van der Waals surface area contributed by atoms with Gasteiger partial charge in [-0.1, -0.05) is 459 Å². The molecule has 1 aliphatic heterocycles. The van der Waals surface area contributed by atoms with Gasteiger partial charge in [0.2, 0.25) is 0 Å². The monoisotopic (exact) mass is 2110 g/mol. The second-order valence-corrected chi connectivity index (χ2v) is 42.7. The summed E-state index contributed by atoms with van der Waals surface area (Å²) < 4.78 is 31.9. The van der Waals surface area contributed by atoms with Crippen LogP contribution in [0.15, 0.2) is 486 Å². The minimum absolute atomic E-state index is 0. The predicted molar refractivity (Wildman–Crippen MR) is 597 cm³/mol. The van der Waals surface area contributed by atoms with Crippen LogP contribution in [0.25, 0.3) is 22.3 Å². The number of carbonyl (C=O) groups excluding carboxylic acids is 2. The molecule has 3 heterocycles. The molecule has 16 aromatic carbocycles. The molecule has 19 rings (SSSR count). The molecule has 0 amide bonds. The molecular weight excluding hydrogens is 2000 g/mol. The SMILES string of the molecule is C.COC(=O)c1ccc(B2OC(C)(C)C(C)(C)O2)cn1.COC(=O)c1ccc(Cc2ccc(OC)c(-c3cccc(Cl)c3)c2)cn1.COc1ccc(CBr)cc1-c1cccc(Cl)c1.[Pd].c1ccc(P(c2ccccc2)c2ccccc2)cc1.c1ccc(P(c2ccccc2)c2ccccc2)cc1.c1ccc(P(c2ccccc2)c2ccccc2)cc1.c1ccc(P(c2ccccc2)c2ccccc2)cc1.